The lowest BCUT2D eigenvalue weighted by molar-refractivity contribution is 0.0151. The molecule has 1 aromatic heterocycles. The van der Waals surface area contributed by atoms with Crippen LogP contribution in [0, 0.1) is 6.92 Å². The van der Waals surface area contributed by atoms with Crippen molar-refractivity contribution in [3.63, 3.8) is 0 Å². The lowest BCUT2D eigenvalue weighted by Crippen LogP contribution is -2.10. The molecule has 0 aliphatic heterocycles. The van der Waals surface area contributed by atoms with Gasteiger partial charge in [-0.25, -0.2) is 8.78 Å². The molecular formula is C14H17F2N3O. The smallest absolute Gasteiger partial charge is 0.274 e. The van der Waals surface area contributed by atoms with Crippen molar-refractivity contribution in [3.8, 4) is 16.9 Å². The van der Waals surface area contributed by atoms with E-state index in [1.165, 1.54) is 17.9 Å². The van der Waals surface area contributed by atoms with Gasteiger partial charge in [0, 0.05) is 25.1 Å². The molecule has 0 aliphatic rings. The normalized spacial score (nSPS) is 11.7. The molecule has 20 heavy (non-hydrogen) atoms. The first-order valence-corrected chi connectivity index (χ1v) is 6.10. The van der Waals surface area contributed by atoms with Crippen LogP contribution in [0.1, 0.15) is 18.1 Å². The Bertz CT molecular complexity index is 645. The van der Waals surface area contributed by atoms with Crippen LogP contribution in [0.3, 0.4) is 0 Å². The van der Waals surface area contributed by atoms with Crippen molar-refractivity contribution in [3.05, 3.63) is 29.5 Å². The highest BCUT2D eigenvalue weighted by molar-refractivity contribution is 5.80. The first-order valence-electron chi connectivity index (χ1n) is 6.10. The molecule has 0 saturated heterocycles. The molecule has 0 aliphatic carbocycles. The van der Waals surface area contributed by atoms with Gasteiger partial charge in [0.05, 0.1) is 18.9 Å². The molecule has 0 unspecified atom stereocenters. The van der Waals surface area contributed by atoms with Crippen molar-refractivity contribution in [1.82, 2.24) is 9.78 Å². The first kappa shape index (κ1) is 14.3. The van der Waals surface area contributed by atoms with E-state index in [0.717, 1.165) is 6.92 Å². The van der Waals surface area contributed by atoms with Crippen molar-refractivity contribution >= 4 is 5.82 Å². The van der Waals surface area contributed by atoms with Gasteiger partial charge in [-0.15, -0.1) is 0 Å². The third-order valence-electron chi connectivity index (χ3n) is 3.19. The van der Waals surface area contributed by atoms with Crippen molar-refractivity contribution in [1.29, 1.82) is 0 Å². The minimum Gasteiger partial charge on any atom is -0.496 e. The molecule has 6 heteroatoms. The zero-order valence-corrected chi connectivity index (χ0v) is 11.9. The number of alkyl halides is 2. The van der Waals surface area contributed by atoms with E-state index < -0.39 is 5.92 Å². The Morgan fingerprint density at radius 3 is 2.40 bits per heavy atom. The van der Waals surface area contributed by atoms with Gasteiger partial charge in [0.1, 0.15) is 11.6 Å². The summed E-state index contributed by atoms with van der Waals surface area (Å²) in [6.45, 7) is 2.60. The number of aryl methyl sites for hydroxylation is 2. The molecule has 0 spiro atoms. The Balaban J connectivity index is 2.76. The predicted octanol–water partition coefficient (Wildman–Crippen LogP) is 3.10. The molecule has 0 amide bonds. The van der Waals surface area contributed by atoms with Gasteiger partial charge in [-0.2, -0.15) is 5.10 Å². The van der Waals surface area contributed by atoms with Crippen molar-refractivity contribution in [2.45, 2.75) is 19.8 Å². The summed E-state index contributed by atoms with van der Waals surface area (Å²) in [7, 11) is 3.06. The number of methoxy groups -OCH3 is 1. The van der Waals surface area contributed by atoms with Gasteiger partial charge >= 0.3 is 0 Å². The molecule has 108 valence electrons. The Labute approximate surface area is 116 Å². The average molecular weight is 281 g/mol. The number of anilines is 1. The van der Waals surface area contributed by atoms with Crippen LogP contribution < -0.4 is 10.5 Å². The molecule has 2 rings (SSSR count). The highest BCUT2D eigenvalue weighted by Gasteiger charge is 2.31. The first-order chi connectivity index (χ1) is 9.25. The van der Waals surface area contributed by atoms with E-state index >= 15 is 0 Å². The second-order valence-corrected chi connectivity index (χ2v) is 4.85. The number of rotatable bonds is 3. The fraction of sp³-hybridized carbons (Fsp3) is 0.357. The van der Waals surface area contributed by atoms with E-state index in [2.05, 4.69) is 5.10 Å². The number of nitrogens with zero attached hydrogens (tertiary/aromatic N) is 2. The SMILES string of the molecule is COc1c(-c2cnn(C)c2N)cc(C)cc1C(C)(F)F. The third kappa shape index (κ3) is 2.33. The van der Waals surface area contributed by atoms with Gasteiger partial charge in [0.2, 0.25) is 0 Å². The quantitative estimate of drug-likeness (QED) is 0.940. The maximum absolute atomic E-state index is 13.8. The lowest BCUT2D eigenvalue weighted by atomic mass is 9.97. The number of hydrogen-bond acceptors (Lipinski definition) is 3. The summed E-state index contributed by atoms with van der Waals surface area (Å²) in [6.07, 6.45) is 1.55. The number of benzene rings is 1. The van der Waals surface area contributed by atoms with E-state index in [4.69, 9.17) is 10.5 Å². The van der Waals surface area contributed by atoms with Gasteiger partial charge in [-0.1, -0.05) is 0 Å². The fourth-order valence-corrected chi connectivity index (χ4v) is 2.17. The minimum atomic E-state index is -3.00. The molecule has 1 heterocycles. The summed E-state index contributed by atoms with van der Waals surface area (Å²) < 4.78 is 34.2. The summed E-state index contributed by atoms with van der Waals surface area (Å²) in [5, 5.41) is 4.04. The fourth-order valence-electron chi connectivity index (χ4n) is 2.17. The van der Waals surface area contributed by atoms with E-state index in [0.29, 0.717) is 22.5 Å². The van der Waals surface area contributed by atoms with Gasteiger partial charge in [0.25, 0.3) is 5.92 Å². The van der Waals surface area contributed by atoms with E-state index in [9.17, 15) is 8.78 Å². The summed E-state index contributed by atoms with van der Waals surface area (Å²) in [5.74, 6) is -2.47. The van der Waals surface area contributed by atoms with Crippen LogP contribution in [0.15, 0.2) is 18.3 Å². The molecule has 0 atom stereocenters. The molecule has 2 aromatic rings. The second kappa shape index (κ2) is 4.77. The van der Waals surface area contributed by atoms with E-state index in [-0.39, 0.29) is 11.3 Å². The summed E-state index contributed by atoms with van der Waals surface area (Å²) in [4.78, 5) is 0. The van der Waals surface area contributed by atoms with E-state index in [1.807, 2.05) is 0 Å². The number of hydrogen-bond donors (Lipinski definition) is 1. The Morgan fingerprint density at radius 1 is 1.30 bits per heavy atom. The highest BCUT2D eigenvalue weighted by Crippen LogP contribution is 2.43. The second-order valence-electron chi connectivity index (χ2n) is 4.85. The molecule has 0 saturated carbocycles. The van der Waals surface area contributed by atoms with Crippen LogP contribution in [0.25, 0.3) is 11.1 Å². The van der Waals surface area contributed by atoms with Crippen molar-refractivity contribution in [2.24, 2.45) is 7.05 Å². The summed E-state index contributed by atoms with van der Waals surface area (Å²) in [6, 6.07) is 3.19. The van der Waals surface area contributed by atoms with Crippen LogP contribution in [0.2, 0.25) is 0 Å². The number of aromatic nitrogens is 2. The molecule has 0 bridgehead atoms. The number of ether oxygens (including phenoxy) is 1. The van der Waals surface area contributed by atoms with Crippen LogP contribution in [-0.4, -0.2) is 16.9 Å². The number of nitrogens with two attached hydrogens (primary N) is 1. The van der Waals surface area contributed by atoms with Crippen LogP contribution in [-0.2, 0) is 13.0 Å². The zero-order valence-electron chi connectivity index (χ0n) is 11.9. The molecule has 1 aromatic carbocycles. The zero-order chi connectivity index (χ0) is 15.1. The summed E-state index contributed by atoms with van der Waals surface area (Å²) in [5.41, 5.74) is 7.58. The highest BCUT2D eigenvalue weighted by atomic mass is 19.3. The number of halogens is 2. The van der Waals surface area contributed by atoms with Crippen LogP contribution in [0.4, 0.5) is 14.6 Å². The Morgan fingerprint density at radius 2 is 1.95 bits per heavy atom. The Hall–Kier alpha value is -2.11. The maximum Gasteiger partial charge on any atom is 0.274 e. The third-order valence-corrected chi connectivity index (χ3v) is 3.19. The summed E-state index contributed by atoms with van der Waals surface area (Å²) >= 11 is 0. The molecular weight excluding hydrogens is 264 g/mol. The maximum atomic E-state index is 13.8. The largest absolute Gasteiger partial charge is 0.496 e. The molecule has 2 N–H and O–H groups in total. The van der Waals surface area contributed by atoms with Gasteiger partial charge < -0.3 is 10.5 Å². The molecule has 4 nitrogen and oxygen atoms in total. The minimum absolute atomic E-state index is 0.128. The average Bonchev–Trinajstić information content (AvgIpc) is 2.68. The Kier molecular flexibility index (Phi) is 3.41. The van der Waals surface area contributed by atoms with Gasteiger partial charge in [-0.05, 0) is 24.6 Å². The lowest BCUT2D eigenvalue weighted by Gasteiger charge is -2.19. The van der Waals surface area contributed by atoms with Crippen LogP contribution >= 0.6 is 0 Å². The molecule has 0 radical (unpaired) electrons. The van der Waals surface area contributed by atoms with Gasteiger partial charge in [-0.3, -0.25) is 4.68 Å². The van der Waals surface area contributed by atoms with Gasteiger partial charge in [0.15, 0.2) is 0 Å². The van der Waals surface area contributed by atoms with E-state index in [1.54, 1.807) is 26.2 Å². The monoisotopic (exact) mass is 281 g/mol. The van der Waals surface area contributed by atoms with Crippen molar-refractivity contribution in [2.75, 3.05) is 12.8 Å². The molecule has 0 fully saturated rings. The number of nitrogen functional groups attached to an aromatic ring is 1. The standard InChI is InChI=1S/C14H17F2N3O/c1-8-5-9(10-7-18-19(3)13(10)17)12(20-4)11(6-8)14(2,15)16/h5-7H,17H2,1-4H3. The van der Waals surface area contributed by atoms with Crippen molar-refractivity contribution < 1.29 is 13.5 Å². The van der Waals surface area contributed by atoms with Crippen LogP contribution in [0.5, 0.6) is 5.75 Å². The topological polar surface area (TPSA) is 53.1 Å². The predicted molar refractivity (Wildman–Crippen MR) is 73.9 cm³/mol.